The van der Waals surface area contributed by atoms with Crippen molar-refractivity contribution >= 4 is 109 Å². The van der Waals surface area contributed by atoms with E-state index in [2.05, 4.69) is 41.1 Å². The van der Waals surface area contributed by atoms with E-state index >= 15 is 0 Å². The number of nitrogens with one attached hydrogen (secondary N) is 3. The molecule has 300 valence electrons. The molecule has 5 aromatic carbocycles. The van der Waals surface area contributed by atoms with Gasteiger partial charge in [0, 0.05) is 22.3 Å². The van der Waals surface area contributed by atoms with E-state index in [-0.39, 0.29) is 169 Å². The van der Waals surface area contributed by atoms with Crippen LogP contribution in [0.2, 0.25) is 5.28 Å². The van der Waals surface area contributed by atoms with Gasteiger partial charge in [0.15, 0.2) is 0 Å². The van der Waals surface area contributed by atoms with Gasteiger partial charge in [0.05, 0.1) is 25.3 Å². The van der Waals surface area contributed by atoms with Crippen LogP contribution in [0.1, 0.15) is 10.4 Å². The van der Waals surface area contributed by atoms with Gasteiger partial charge >= 0.3 is 118 Å². The molecule has 0 fully saturated rings. The summed E-state index contributed by atoms with van der Waals surface area (Å²) in [7, 11) is -20.7. The number of anilines is 5. The van der Waals surface area contributed by atoms with Crippen LogP contribution in [0.3, 0.4) is 0 Å². The zero-order chi connectivity index (χ0) is 42.2. The van der Waals surface area contributed by atoms with Crippen LogP contribution in [0.4, 0.5) is 40.3 Å². The van der Waals surface area contributed by atoms with Crippen molar-refractivity contribution in [2.24, 2.45) is 10.2 Å². The van der Waals surface area contributed by atoms with Crippen molar-refractivity contribution in [2.45, 2.75) is 19.6 Å². The molecule has 0 bridgehead atoms. The van der Waals surface area contributed by atoms with Gasteiger partial charge in [0.1, 0.15) is 51.8 Å². The number of rotatable bonds is 12. The second-order valence-corrected chi connectivity index (χ2v) is 17.4. The number of hydrogen-bond donors (Lipinski definition) is 3. The Bertz CT molecular complexity index is 3140. The number of hydrogen-bond acceptors (Lipinski definition) is 20. The molecule has 0 unspecified atom stereocenters. The summed E-state index contributed by atoms with van der Waals surface area (Å²) in [6.07, 6.45) is 0. The molecule has 30 heteroatoms. The average Bonchev–Trinajstić information content (AvgIpc) is 3.12. The first kappa shape index (κ1) is 56.1. The fourth-order valence-corrected chi connectivity index (χ4v) is 7.46. The monoisotopic (exact) mass is 978 g/mol. The molecular formula is C32H19ClN8Na4O13S4. The number of fused-ring (bicyclic) bond motifs is 1. The van der Waals surface area contributed by atoms with Crippen molar-refractivity contribution in [1.82, 2.24) is 15.0 Å². The van der Waals surface area contributed by atoms with Crippen molar-refractivity contribution in [3.05, 3.63) is 108 Å². The average molecular weight is 979 g/mol. The molecule has 0 saturated heterocycles. The molecule has 1 aromatic heterocycles. The normalized spacial score (nSPS) is 11.6. The van der Waals surface area contributed by atoms with E-state index in [9.17, 15) is 56.7 Å². The van der Waals surface area contributed by atoms with Gasteiger partial charge in [0.2, 0.25) is 17.2 Å². The SMILES string of the molecule is O=C(Nc1cc(S(=O)(=O)[O-])cc2cc(S(=O)(=O)[O-])c(N=Nc3cc(Nc4nc(Cl)nc(Nc5ccc(S(=O)(=O)[O-])cc5)n4)ccc3S(=O)(=O)[O-])cc12)c1ccccc1.[Na+].[Na+].[Na+].[Na+]. The van der Waals surface area contributed by atoms with E-state index in [4.69, 9.17) is 11.6 Å². The van der Waals surface area contributed by atoms with E-state index < -0.39 is 77.3 Å². The first-order chi connectivity index (χ1) is 27.0. The van der Waals surface area contributed by atoms with Gasteiger partial charge in [-0.25, -0.2) is 33.7 Å². The predicted molar refractivity (Wildman–Crippen MR) is 199 cm³/mol. The Hall–Kier alpha value is -2.03. The summed E-state index contributed by atoms with van der Waals surface area (Å²) >= 11 is 6.04. The van der Waals surface area contributed by atoms with Gasteiger partial charge in [0.25, 0.3) is 5.91 Å². The van der Waals surface area contributed by atoms with Crippen LogP contribution in [-0.2, 0) is 40.5 Å². The van der Waals surface area contributed by atoms with Crippen molar-refractivity contribution in [3.63, 3.8) is 0 Å². The largest absolute Gasteiger partial charge is 1.00 e. The Morgan fingerprint density at radius 2 is 1.06 bits per heavy atom. The second kappa shape index (κ2) is 22.4. The molecule has 21 nitrogen and oxygen atoms in total. The summed E-state index contributed by atoms with van der Waals surface area (Å²) in [5.74, 6) is -1.25. The van der Waals surface area contributed by atoms with Crippen LogP contribution in [0.15, 0.2) is 127 Å². The molecule has 6 aromatic rings. The van der Waals surface area contributed by atoms with Gasteiger partial charge in [-0.15, -0.1) is 10.2 Å². The Labute approximate surface area is 446 Å². The molecule has 1 amide bonds. The van der Waals surface area contributed by atoms with Crippen LogP contribution in [0.5, 0.6) is 0 Å². The molecule has 0 saturated carbocycles. The minimum absolute atomic E-state index is 0. The van der Waals surface area contributed by atoms with Crippen LogP contribution in [0.25, 0.3) is 10.8 Å². The zero-order valence-electron chi connectivity index (χ0n) is 32.3. The third-order valence-electron chi connectivity index (χ3n) is 7.60. The standard InChI is InChI=1S/C32H23ClN8O13S4.4Na/c33-30-37-31(34-19-6-9-21(10-7-19)55(43,44)45)39-32(38-30)35-20-8-11-27(57(49,50)51)25(14-20)40-41-26-16-23-18(13-28(26)58(52,53)54)12-22(56(46,47)48)15-24(23)36-29(42)17-4-2-1-3-5-17;;;;/h1-16H,(H,36,42)(H,43,44,45)(H,46,47,48)(H,49,50,51)(H,52,53,54)(H2,34,35,37,38,39);;;;/q;4*+1/p-4. The van der Waals surface area contributed by atoms with Crippen LogP contribution < -0.4 is 134 Å². The van der Waals surface area contributed by atoms with Crippen LogP contribution in [-0.4, -0.2) is 72.7 Å². The summed E-state index contributed by atoms with van der Waals surface area (Å²) in [6.45, 7) is 0. The fourth-order valence-electron chi connectivity index (χ4n) is 5.08. The van der Waals surface area contributed by atoms with Gasteiger partial charge < -0.3 is 34.2 Å². The summed E-state index contributed by atoms with van der Waals surface area (Å²) in [6, 6.07) is 18.0. The molecule has 0 spiro atoms. The molecular weight excluding hydrogens is 960 g/mol. The quantitative estimate of drug-likeness (QED) is 0.0582. The molecule has 1 heterocycles. The van der Waals surface area contributed by atoms with E-state index in [0.29, 0.717) is 6.07 Å². The molecule has 0 radical (unpaired) electrons. The molecule has 6 rings (SSSR count). The number of carbonyl (C=O) groups excluding carboxylic acids is 1. The molecule has 0 aliphatic rings. The third-order valence-corrected chi connectivity index (χ3v) is 11.2. The van der Waals surface area contributed by atoms with Crippen molar-refractivity contribution in [2.75, 3.05) is 16.0 Å². The number of nitrogens with zero attached hydrogens (tertiary/aromatic N) is 5. The van der Waals surface area contributed by atoms with E-state index in [1.54, 1.807) is 6.07 Å². The van der Waals surface area contributed by atoms with E-state index in [1.807, 2.05) is 0 Å². The summed E-state index contributed by atoms with van der Waals surface area (Å²) in [5.41, 5.74) is -1.54. The molecule has 0 aliphatic heterocycles. The Morgan fingerprint density at radius 3 is 1.60 bits per heavy atom. The first-order valence-corrected chi connectivity index (χ1v) is 21.5. The van der Waals surface area contributed by atoms with Crippen molar-refractivity contribution in [1.29, 1.82) is 0 Å². The van der Waals surface area contributed by atoms with Crippen LogP contribution in [0, 0.1) is 0 Å². The molecule has 0 atom stereocenters. The number of aromatic nitrogens is 3. The fraction of sp³-hybridized carbons (Fsp3) is 0. The molecule has 62 heavy (non-hydrogen) atoms. The number of benzene rings is 5. The molecule has 0 aliphatic carbocycles. The van der Waals surface area contributed by atoms with Crippen LogP contribution >= 0.6 is 11.6 Å². The van der Waals surface area contributed by atoms with E-state index in [1.165, 1.54) is 36.4 Å². The summed E-state index contributed by atoms with van der Waals surface area (Å²) in [4.78, 5) is 21.4. The van der Waals surface area contributed by atoms with E-state index in [0.717, 1.165) is 48.5 Å². The zero-order valence-corrected chi connectivity index (χ0v) is 44.3. The Kier molecular flexibility index (Phi) is 20.3. The number of carbonyl (C=O) groups is 1. The topological polar surface area (TPSA) is 345 Å². The summed E-state index contributed by atoms with van der Waals surface area (Å²) in [5, 5.41) is 14.5. The van der Waals surface area contributed by atoms with Crippen molar-refractivity contribution < 1.29 is 175 Å². The maximum Gasteiger partial charge on any atom is 1.00 e. The Balaban J connectivity index is 0.00000331. The molecule has 3 N–H and O–H groups in total. The number of azo groups is 1. The minimum atomic E-state index is -5.48. The van der Waals surface area contributed by atoms with Crippen molar-refractivity contribution in [3.8, 4) is 0 Å². The Morgan fingerprint density at radius 1 is 0.548 bits per heavy atom. The van der Waals surface area contributed by atoms with Gasteiger partial charge in [-0.1, -0.05) is 18.2 Å². The number of amides is 1. The maximum atomic E-state index is 13.0. The first-order valence-electron chi connectivity index (χ1n) is 15.5. The number of halogens is 1. The van der Waals surface area contributed by atoms with Gasteiger partial charge in [-0.2, -0.15) is 15.0 Å². The third kappa shape index (κ3) is 14.5. The smallest absolute Gasteiger partial charge is 0.744 e. The summed E-state index contributed by atoms with van der Waals surface area (Å²) < 4.78 is 144. The minimum Gasteiger partial charge on any atom is -0.744 e. The predicted octanol–water partition coefficient (Wildman–Crippen LogP) is -7.53. The van der Waals surface area contributed by atoms with Gasteiger partial charge in [-0.05, 0) is 95.8 Å². The second-order valence-electron chi connectivity index (χ2n) is 11.6. The maximum absolute atomic E-state index is 13.0. The van der Waals surface area contributed by atoms with Gasteiger partial charge in [-0.3, -0.25) is 4.79 Å².